The van der Waals surface area contributed by atoms with E-state index in [1.165, 1.54) is 6.42 Å². The summed E-state index contributed by atoms with van der Waals surface area (Å²) in [5, 5.41) is 0. The first-order valence-corrected chi connectivity index (χ1v) is 2.78. The smallest absolute Gasteiger partial charge is 1.00 e. The Morgan fingerprint density at radius 3 is 2.12 bits per heavy atom. The second kappa shape index (κ2) is 4.01. The van der Waals surface area contributed by atoms with Crippen LogP contribution >= 0.6 is 0 Å². The fraction of sp³-hybridized carbons (Fsp3) is 0.429. The van der Waals surface area contributed by atoms with Gasteiger partial charge in [-0.25, -0.2) is 0 Å². The monoisotopic (exact) mass is 102 g/mol. The van der Waals surface area contributed by atoms with Crippen molar-refractivity contribution in [3.63, 3.8) is 0 Å². The molecule has 1 heteroatoms. The Morgan fingerprint density at radius 1 is 1.38 bits per heavy atom. The summed E-state index contributed by atoms with van der Waals surface area (Å²) in [4.78, 5) is 0. The minimum atomic E-state index is 0. The molecule has 0 N–H and O–H groups in total. The van der Waals surface area contributed by atoms with E-state index in [9.17, 15) is 0 Å². The minimum Gasteiger partial charge on any atom is -1.00 e. The molecule has 0 saturated heterocycles. The van der Waals surface area contributed by atoms with E-state index in [1.54, 1.807) is 0 Å². The van der Waals surface area contributed by atoms with Gasteiger partial charge in [-0.2, -0.15) is 0 Å². The molecule has 0 unspecified atom stereocenters. The van der Waals surface area contributed by atoms with Crippen molar-refractivity contribution in [2.45, 2.75) is 13.3 Å². The zero-order chi connectivity index (χ0) is 5.11. The molecule has 0 aromatic rings. The molecule has 0 bridgehead atoms. The average Bonchev–Trinajstić information content (AvgIpc) is 2.14. The van der Waals surface area contributed by atoms with Crippen LogP contribution in [-0.4, -0.2) is 0 Å². The second-order valence-corrected chi connectivity index (χ2v) is 1.84. The van der Waals surface area contributed by atoms with E-state index in [0.717, 1.165) is 5.92 Å². The van der Waals surface area contributed by atoms with Crippen LogP contribution in [0.15, 0.2) is 24.3 Å². The molecule has 0 heterocycles. The van der Waals surface area contributed by atoms with Crippen LogP contribution in [0.5, 0.6) is 0 Å². The Morgan fingerprint density at radius 2 is 1.88 bits per heavy atom. The van der Waals surface area contributed by atoms with Crippen molar-refractivity contribution >= 4 is 0 Å². The van der Waals surface area contributed by atoms with Crippen LogP contribution < -0.4 is 18.9 Å². The van der Waals surface area contributed by atoms with Gasteiger partial charge in [-0.1, -0.05) is 31.2 Å². The summed E-state index contributed by atoms with van der Waals surface area (Å²) in [5.41, 5.74) is 0. The topological polar surface area (TPSA) is 0 Å². The predicted molar refractivity (Wildman–Crippen MR) is 33.2 cm³/mol. The molecule has 40 valence electrons. The normalized spacial score (nSPS) is 16.6. The zero-order valence-electron chi connectivity index (χ0n) is 6.59. The Kier molecular flexibility index (Phi) is 4.05. The van der Waals surface area contributed by atoms with Crippen molar-refractivity contribution in [3.05, 3.63) is 24.3 Å². The quantitative estimate of drug-likeness (QED) is 0.382. The third-order valence-electron chi connectivity index (χ3n) is 1.30. The number of allylic oxidation sites excluding steroid dienone is 4. The third-order valence-corrected chi connectivity index (χ3v) is 1.30. The molecule has 0 saturated carbocycles. The van der Waals surface area contributed by atoms with E-state index >= 15 is 0 Å². The molecule has 0 aromatic heterocycles. The van der Waals surface area contributed by atoms with E-state index in [0.29, 0.717) is 0 Å². The van der Waals surface area contributed by atoms with Crippen molar-refractivity contribution in [1.82, 2.24) is 0 Å². The predicted octanol–water partition coefficient (Wildman–Crippen LogP) is -0.745. The SMILES string of the molecule is CCC1C=CC=C1.[H-].[Li+]. The standard InChI is InChI=1S/C7H10.Li.H/c1-2-7-5-3-4-6-7;;/h3-7H,2H2,1H3;;/q;+1;-1. The van der Waals surface area contributed by atoms with E-state index in [-0.39, 0.29) is 20.3 Å². The average molecular weight is 102 g/mol. The molecule has 0 radical (unpaired) electrons. The van der Waals surface area contributed by atoms with E-state index in [2.05, 4.69) is 31.2 Å². The fourth-order valence-corrected chi connectivity index (χ4v) is 0.750. The maximum atomic E-state index is 2.22. The van der Waals surface area contributed by atoms with Crippen LogP contribution in [0.1, 0.15) is 14.8 Å². The van der Waals surface area contributed by atoms with E-state index in [1.807, 2.05) is 0 Å². The zero-order valence-corrected chi connectivity index (χ0v) is 5.59. The maximum absolute atomic E-state index is 2.22. The van der Waals surface area contributed by atoms with Crippen LogP contribution in [0.4, 0.5) is 0 Å². The van der Waals surface area contributed by atoms with Gasteiger partial charge in [-0.15, -0.1) is 0 Å². The molecule has 0 amide bonds. The van der Waals surface area contributed by atoms with Crippen molar-refractivity contribution in [3.8, 4) is 0 Å². The van der Waals surface area contributed by atoms with Crippen LogP contribution in [0.25, 0.3) is 0 Å². The van der Waals surface area contributed by atoms with E-state index < -0.39 is 0 Å². The summed E-state index contributed by atoms with van der Waals surface area (Å²) in [7, 11) is 0. The van der Waals surface area contributed by atoms with Gasteiger partial charge in [-0.05, 0) is 12.3 Å². The van der Waals surface area contributed by atoms with Gasteiger partial charge in [-0.3, -0.25) is 0 Å². The van der Waals surface area contributed by atoms with Crippen molar-refractivity contribution in [1.29, 1.82) is 0 Å². The molecule has 0 spiro atoms. The maximum Gasteiger partial charge on any atom is 1.00 e. The van der Waals surface area contributed by atoms with Gasteiger partial charge >= 0.3 is 18.9 Å². The van der Waals surface area contributed by atoms with Crippen LogP contribution in [-0.2, 0) is 0 Å². The van der Waals surface area contributed by atoms with Gasteiger partial charge in [0.1, 0.15) is 0 Å². The molecule has 0 atom stereocenters. The second-order valence-electron chi connectivity index (χ2n) is 1.84. The van der Waals surface area contributed by atoms with Crippen LogP contribution in [0.2, 0.25) is 0 Å². The summed E-state index contributed by atoms with van der Waals surface area (Å²) < 4.78 is 0. The molecular weight excluding hydrogens is 91.0 g/mol. The van der Waals surface area contributed by atoms with Crippen molar-refractivity contribution in [2.24, 2.45) is 5.92 Å². The number of hydrogen-bond donors (Lipinski definition) is 0. The summed E-state index contributed by atoms with van der Waals surface area (Å²) in [6, 6.07) is 0. The minimum absolute atomic E-state index is 0. The van der Waals surface area contributed by atoms with Gasteiger partial charge in [0.25, 0.3) is 0 Å². The Bertz CT molecular complexity index is 95.5. The van der Waals surface area contributed by atoms with Gasteiger partial charge in [0.15, 0.2) is 0 Å². The van der Waals surface area contributed by atoms with Crippen LogP contribution in [0, 0.1) is 5.92 Å². The first-order valence-electron chi connectivity index (χ1n) is 2.78. The largest absolute Gasteiger partial charge is 1.00 e. The molecule has 0 aliphatic heterocycles. The molecule has 0 nitrogen and oxygen atoms in total. The Balaban J connectivity index is 0. The molecular formula is C7H11Li. The van der Waals surface area contributed by atoms with Gasteiger partial charge in [0, 0.05) is 0 Å². The Hall–Kier alpha value is 0.0774. The molecule has 8 heavy (non-hydrogen) atoms. The summed E-state index contributed by atoms with van der Waals surface area (Å²) in [5.74, 6) is 0.736. The summed E-state index contributed by atoms with van der Waals surface area (Å²) >= 11 is 0. The van der Waals surface area contributed by atoms with E-state index in [4.69, 9.17) is 0 Å². The third kappa shape index (κ3) is 1.90. The van der Waals surface area contributed by atoms with Crippen LogP contribution in [0.3, 0.4) is 0 Å². The molecule has 0 aromatic carbocycles. The molecule has 1 rings (SSSR count). The van der Waals surface area contributed by atoms with Crippen molar-refractivity contribution < 1.29 is 20.3 Å². The first kappa shape index (κ1) is 8.08. The molecule has 0 fully saturated rings. The fourth-order valence-electron chi connectivity index (χ4n) is 0.750. The summed E-state index contributed by atoms with van der Waals surface area (Å²) in [6.45, 7) is 2.20. The van der Waals surface area contributed by atoms with Gasteiger partial charge in [0.05, 0.1) is 0 Å². The molecule has 1 aliphatic carbocycles. The van der Waals surface area contributed by atoms with Crippen molar-refractivity contribution in [2.75, 3.05) is 0 Å². The number of hydrogen-bond acceptors (Lipinski definition) is 0. The first-order chi connectivity index (χ1) is 3.43. The molecule has 1 aliphatic rings. The van der Waals surface area contributed by atoms with Gasteiger partial charge in [0.2, 0.25) is 0 Å². The number of rotatable bonds is 1. The Labute approximate surface area is 64.3 Å². The summed E-state index contributed by atoms with van der Waals surface area (Å²) in [6.07, 6.45) is 9.90. The van der Waals surface area contributed by atoms with Gasteiger partial charge < -0.3 is 1.43 Å².